The summed E-state index contributed by atoms with van der Waals surface area (Å²) in [6.45, 7) is 4.46. The Morgan fingerprint density at radius 1 is 1.45 bits per heavy atom. The molecule has 1 heteroatoms. The molecule has 1 aliphatic carbocycles. The van der Waals surface area contributed by atoms with Gasteiger partial charge in [-0.05, 0) is 18.3 Å². The highest BCUT2D eigenvalue weighted by atomic mass is 14.3. The Kier molecular flexibility index (Phi) is 3.48. The zero-order valence-electron chi connectivity index (χ0n) is 7.84. The lowest BCUT2D eigenvalue weighted by molar-refractivity contribution is 0.256. The topological polar surface area (TPSA) is 0 Å². The van der Waals surface area contributed by atoms with Crippen molar-refractivity contribution in [3.63, 3.8) is 0 Å². The van der Waals surface area contributed by atoms with Crippen molar-refractivity contribution in [2.75, 3.05) is 0 Å². The van der Waals surface area contributed by atoms with E-state index in [9.17, 15) is 0 Å². The van der Waals surface area contributed by atoms with E-state index in [0.717, 1.165) is 11.8 Å². The number of hydrogen-bond donors (Lipinski definition) is 0. The Morgan fingerprint density at radius 2 is 2.18 bits per heavy atom. The summed E-state index contributed by atoms with van der Waals surface area (Å²) in [5.74, 6) is 2.21. The Balaban J connectivity index is 2.33. The van der Waals surface area contributed by atoms with Gasteiger partial charge in [-0.1, -0.05) is 45.3 Å². The van der Waals surface area contributed by atoms with E-state index < -0.39 is 0 Å². The van der Waals surface area contributed by atoms with Crippen LogP contribution in [0.1, 0.15) is 46.0 Å². The minimum Gasteiger partial charge on any atom is -0.0774 e. The zero-order valence-corrected chi connectivity index (χ0v) is 7.84. The van der Waals surface area contributed by atoms with E-state index in [1.807, 2.05) is 0 Å². The van der Waals surface area contributed by atoms with Gasteiger partial charge in [0.05, 0.1) is 7.85 Å². The van der Waals surface area contributed by atoms with Gasteiger partial charge in [0.15, 0.2) is 0 Å². The monoisotopic (exact) mass is 150 g/mol. The molecular weight excluding hydrogens is 131 g/mol. The first-order chi connectivity index (χ1) is 5.24. The standard InChI is InChI=1S/C10H19B/c1-3-9-5-4-6-10(7-9)8(2)11/h8-10H,3-7H2,1-2H3. The summed E-state index contributed by atoms with van der Waals surface area (Å²) >= 11 is 0. The average molecular weight is 150 g/mol. The van der Waals surface area contributed by atoms with Gasteiger partial charge in [-0.25, -0.2) is 0 Å². The molecule has 1 fully saturated rings. The van der Waals surface area contributed by atoms with Gasteiger partial charge in [0.1, 0.15) is 0 Å². The Bertz CT molecular complexity index is 109. The fourth-order valence-electron chi connectivity index (χ4n) is 2.18. The molecule has 0 saturated heterocycles. The summed E-state index contributed by atoms with van der Waals surface area (Å²) in [5, 5.41) is 0. The maximum absolute atomic E-state index is 5.88. The maximum atomic E-state index is 5.88. The van der Waals surface area contributed by atoms with Gasteiger partial charge >= 0.3 is 0 Å². The molecule has 0 aromatic rings. The summed E-state index contributed by atoms with van der Waals surface area (Å²) < 4.78 is 0. The van der Waals surface area contributed by atoms with Crippen LogP contribution in [0.15, 0.2) is 0 Å². The Labute approximate surface area is 72.2 Å². The van der Waals surface area contributed by atoms with Crippen LogP contribution in [-0.4, -0.2) is 7.85 Å². The van der Waals surface area contributed by atoms with Gasteiger partial charge in [-0.2, -0.15) is 0 Å². The largest absolute Gasteiger partial charge is 0.0774 e. The van der Waals surface area contributed by atoms with Crippen molar-refractivity contribution in [3.05, 3.63) is 0 Å². The Morgan fingerprint density at radius 3 is 2.73 bits per heavy atom. The molecule has 1 aliphatic rings. The van der Waals surface area contributed by atoms with E-state index in [-0.39, 0.29) is 0 Å². The van der Waals surface area contributed by atoms with Crippen LogP contribution in [0.5, 0.6) is 0 Å². The van der Waals surface area contributed by atoms with E-state index in [2.05, 4.69) is 13.8 Å². The molecule has 3 atom stereocenters. The number of rotatable bonds is 2. The lowest BCUT2D eigenvalue weighted by Gasteiger charge is -2.31. The van der Waals surface area contributed by atoms with Crippen molar-refractivity contribution in [1.82, 2.24) is 0 Å². The molecule has 11 heavy (non-hydrogen) atoms. The fourth-order valence-corrected chi connectivity index (χ4v) is 2.18. The second kappa shape index (κ2) is 4.18. The zero-order chi connectivity index (χ0) is 8.27. The van der Waals surface area contributed by atoms with Crippen molar-refractivity contribution in [1.29, 1.82) is 0 Å². The SMILES string of the molecule is [B]C(C)C1CCCC(CC)C1. The summed E-state index contributed by atoms with van der Waals surface area (Å²) in [6.07, 6.45) is 6.95. The predicted molar refractivity (Wildman–Crippen MR) is 50.9 cm³/mol. The molecule has 0 bridgehead atoms. The highest BCUT2D eigenvalue weighted by molar-refractivity contribution is 6.11. The lowest BCUT2D eigenvalue weighted by Crippen LogP contribution is -2.17. The third kappa shape index (κ3) is 2.54. The lowest BCUT2D eigenvalue weighted by atomic mass is 9.68. The van der Waals surface area contributed by atoms with Crippen LogP contribution in [0.4, 0.5) is 0 Å². The first-order valence-corrected chi connectivity index (χ1v) is 4.99. The molecule has 0 aliphatic heterocycles. The van der Waals surface area contributed by atoms with Crippen LogP contribution >= 0.6 is 0 Å². The molecule has 0 spiro atoms. The highest BCUT2D eigenvalue weighted by Gasteiger charge is 2.22. The van der Waals surface area contributed by atoms with Gasteiger partial charge in [-0.15, -0.1) is 0 Å². The van der Waals surface area contributed by atoms with Crippen LogP contribution in [0.3, 0.4) is 0 Å². The molecule has 0 N–H and O–H groups in total. The van der Waals surface area contributed by atoms with Gasteiger partial charge in [0.2, 0.25) is 0 Å². The van der Waals surface area contributed by atoms with Crippen molar-refractivity contribution < 1.29 is 0 Å². The normalized spacial score (nSPS) is 35.1. The molecule has 0 nitrogen and oxygen atoms in total. The predicted octanol–water partition coefficient (Wildman–Crippen LogP) is 3.18. The van der Waals surface area contributed by atoms with Crippen molar-refractivity contribution >= 4 is 7.85 Å². The van der Waals surface area contributed by atoms with E-state index in [0.29, 0.717) is 5.82 Å². The summed E-state index contributed by atoms with van der Waals surface area (Å²) in [5.41, 5.74) is 0. The van der Waals surface area contributed by atoms with Gasteiger partial charge in [-0.3, -0.25) is 0 Å². The van der Waals surface area contributed by atoms with Crippen molar-refractivity contribution in [3.8, 4) is 0 Å². The molecule has 0 amide bonds. The summed E-state index contributed by atoms with van der Waals surface area (Å²) in [7, 11) is 5.88. The van der Waals surface area contributed by atoms with E-state index in [1.165, 1.54) is 32.1 Å². The quantitative estimate of drug-likeness (QED) is 0.530. The van der Waals surface area contributed by atoms with Gasteiger partial charge in [0.25, 0.3) is 0 Å². The van der Waals surface area contributed by atoms with Crippen LogP contribution < -0.4 is 0 Å². The van der Waals surface area contributed by atoms with Gasteiger partial charge in [0, 0.05) is 0 Å². The molecule has 0 aromatic carbocycles. The van der Waals surface area contributed by atoms with Crippen molar-refractivity contribution in [2.24, 2.45) is 11.8 Å². The van der Waals surface area contributed by atoms with Crippen molar-refractivity contribution in [2.45, 2.75) is 51.8 Å². The molecule has 3 unspecified atom stereocenters. The molecule has 0 aromatic heterocycles. The minimum absolute atomic E-state index is 0.421. The van der Waals surface area contributed by atoms with E-state index in [4.69, 9.17) is 7.85 Å². The first kappa shape index (κ1) is 9.16. The molecule has 1 rings (SSSR count). The molecular formula is C10H19B. The van der Waals surface area contributed by atoms with Crippen LogP contribution in [0, 0.1) is 11.8 Å². The first-order valence-electron chi connectivity index (χ1n) is 4.99. The maximum Gasteiger partial charge on any atom is 0.0699 e. The average Bonchev–Trinajstić information content (AvgIpc) is 2.05. The molecule has 62 valence electrons. The third-order valence-electron chi connectivity index (χ3n) is 3.14. The van der Waals surface area contributed by atoms with Crippen LogP contribution in [0.2, 0.25) is 5.82 Å². The van der Waals surface area contributed by atoms with E-state index in [1.54, 1.807) is 0 Å². The fraction of sp³-hybridized carbons (Fsp3) is 1.00. The second-order valence-corrected chi connectivity index (χ2v) is 4.06. The highest BCUT2D eigenvalue weighted by Crippen LogP contribution is 2.36. The molecule has 2 radical (unpaired) electrons. The third-order valence-corrected chi connectivity index (χ3v) is 3.14. The van der Waals surface area contributed by atoms with Crippen LogP contribution in [0.25, 0.3) is 0 Å². The van der Waals surface area contributed by atoms with Crippen LogP contribution in [-0.2, 0) is 0 Å². The van der Waals surface area contributed by atoms with E-state index >= 15 is 0 Å². The summed E-state index contributed by atoms with van der Waals surface area (Å²) in [4.78, 5) is 0. The molecule has 0 heterocycles. The number of hydrogen-bond acceptors (Lipinski definition) is 0. The Hall–Kier alpha value is 0.0649. The second-order valence-electron chi connectivity index (χ2n) is 4.06. The smallest absolute Gasteiger partial charge is 0.0699 e. The minimum atomic E-state index is 0.421. The van der Waals surface area contributed by atoms with Gasteiger partial charge < -0.3 is 0 Å². The molecule has 1 saturated carbocycles. The summed E-state index contributed by atoms with van der Waals surface area (Å²) in [6, 6.07) is 0.